The molecule has 2 aromatic carbocycles. The molecule has 1 heterocycles. The maximum atomic E-state index is 13.3. The molecule has 0 radical (unpaired) electrons. The number of cyclic esters (lactones) is 1. The summed E-state index contributed by atoms with van der Waals surface area (Å²) in [4.78, 5) is 38.6. The van der Waals surface area contributed by atoms with E-state index in [4.69, 9.17) is 4.74 Å². The summed E-state index contributed by atoms with van der Waals surface area (Å²) in [5, 5.41) is 0. The minimum absolute atomic E-state index is 0.251. The molecular formula is C22H21FO4. The molecule has 1 saturated heterocycles. The van der Waals surface area contributed by atoms with E-state index in [2.05, 4.69) is 0 Å². The Bertz CT molecular complexity index is 886. The largest absolute Gasteiger partial charge is 0.456 e. The number of ketones is 2. The van der Waals surface area contributed by atoms with Gasteiger partial charge in [-0.3, -0.25) is 14.4 Å². The van der Waals surface area contributed by atoms with Crippen LogP contribution in [0.15, 0.2) is 54.6 Å². The lowest BCUT2D eigenvalue weighted by Crippen LogP contribution is -2.54. The Kier molecular flexibility index (Phi) is 4.72. The van der Waals surface area contributed by atoms with Crippen molar-refractivity contribution >= 4 is 17.5 Å². The van der Waals surface area contributed by atoms with E-state index in [1.165, 1.54) is 31.2 Å². The van der Waals surface area contributed by atoms with Crippen LogP contribution >= 0.6 is 0 Å². The van der Waals surface area contributed by atoms with Gasteiger partial charge in [0.25, 0.3) is 0 Å². The first-order chi connectivity index (χ1) is 12.7. The molecule has 1 aliphatic heterocycles. The van der Waals surface area contributed by atoms with Gasteiger partial charge in [0.1, 0.15) is 17.3 Å². The minimum Gasteiger partial charge on any atom is -0.456 e. The fourth-order valence-corrected chi connectivity index (χ4v) is 3.63. The molecule has 0 amide bonds. The maximum Gasteiger partial charge on any atom is 0.320 e. The summed E-state index contributed by atoms with van der Waals surface area (Å²) in [5.41, 5.74) is -1.59. The van der Waals surface area contributed by atoms with Gasteiger partial charge in [0.15, 0.2) is 11.6 Å². The number of halogens is 1. The zero-order chi connectivity index (χ0) is 19.8. The Morgan fingerprint density at radius 2 is 1.59 bits per heavy atom. The number of carbonyl (C=O) groups is 3. The molecule has 2 unspecified atom stereocenters. The third kappa shape index (κ3) is 3.29. The van der Waals surface area contributed by atoms with Crippen LogP contribution in [0.1, 0.15) is 49.2 Å². The molecular weight excluding hydrogens is 347 g/mol. The van der Waals surface area contributed by atoms with Crippen molar-refractivity contribution in [3.05, 3.63) is 71.5 Å². The summed E-state index contributed by atoms with van der Waals surface area (Å²) in [6.45, 7) is 4.89. The third-order valence-corrected chi connectivity index (χ3v) is 5.20. The zero-order valence-electron chi connectivity index (χ0n) is 15.5. The Morgan fingerprint density at radius 3 is 2.19 bits per heavy atom. The quantitative estimate of drug-likeness (QED) is 0.459. The van der Waals surface area contributed by atoms with Gasteiger partial charge in [0.05, 0.1) is 5.41 Å². The van der Waals surface area contributed by atoms with Crippen LogP contribution in [0.5, 0.6) is 0 Å². The van der Waals surface area contributed by atoms with Gasteiger partial charge in [-0.05, 0) is 50.6 Å². The van der Waals surface area contributed by atoms with Gasteiger partial charge in [-0.1, -0.05) is 30.3 Å². The molecule has 0 bridgehead atoms. The predicted octanol–water partition coefficient (Wildman–Crippen LogP) is 4.30. The average Bonchev–Trinajstić information content (AvgIpc) is 2.65. The van der Waals surface area contributed by atoms with Gasteiger partial charge in [0.2, 0.25) is 0 Å². The number of Topliss-reactive ketones (excluding diaryl/α,β-unsaturated/α-hetero) is 2. The van der Waals surface area contributed by atoms with Crippen molar-refractivity contribution in [1.82, 2.24) is 0 Å². The van der Waals surface area contributed by atoms with Gasteiger partial charge in [-0.2, -0.15) is 0 Å². The van der Waals surface area contributed by atoms with E-state index in [1.54, 1.807) is 26.0 Å². The van der Waals surface area contributed by atoms with Crippen molar-refractivity contribution in [2.75, 3.05) is 0 Å². The highest BCUT2D eigenvalue weighted by molar-refractivity contribution is 6.12. The lowest BCUT2D eigenvalue weighted by atomic mass is 9.64. The Labute approximate surface area is 157 Å². The minimum atomic E-state index is -1.58. The van der Waals surface area contributed by atoms with E-state index >= 15 is 0 Å². The Morgan fingerprint density at radius 1 is 1.00 bits per heavy atom. The van der Waals surface area contributed by atoms with E-state index in [0.717, 1.165) is 5.56 Å². The van der Waals surface area contributed by atoms with E-state index in [9.17, 15) is 18.8 Å². The SMILES string of the molecule is CC1(CC(=O)c2ccc(F)cc2)C(=O)OC(c2ccccc2)C(C)(C)C1=O. The van der Waals surface area contributed by atoms with Crippen molar-refractivity contribution in [2.24, 2.45) is 10.8 Å². The molecule has 1 aliphatic rings. The fraction of sp³-hybridized carbons (Fsp3) is 0.318. The van der Waals surface area contributed by atoms with Gasteiger partial charge in [-0.25, -0.2) is 4.39 Å². The van der Waals surface area contributed by atoms with E-state index in [-0.39, 0.29) is 17.8 Å². The molecule has 5 heteroatoms. The monoisotopic (exact) mass is 368 g/mol. The second-order valence-electron chi connectivity index (χ2n) is 7.69. The van der Waals surface area contributed by atoms with E-state index in [1.807, 2.05) is 18.2 Å². The van der Waals surface area contributed by atoms with Crippen molar-refractivity contribution < 1.29 is 23.5 Å². The first kappa shape index (κ1) is 19.0. The summed E-state index contributed by atoms with van der Waals surface area (Å²) < 4.78 is 18.7. The van der Waals surface area contributed by atoms with Gasteiger partial charge in [-0.15, -0.1) is 0 Å². The third-order valence-electron chi connectivity index (χ3n) is 5.20. The van der Waals surface area contributed by atoms with Crippen LogP contribution in [-0.4, -0.2) is 17.5 Å². The standard InChI is InChI=1S/C22H21FO4/c1-21(2)18(15-7-5-4-6-8-15)27-20(26)22(3,19(21)25)13-17(24)14-9-11-16(23)12-10-14/h4-12,18H,13H2,1-3H3. The van der Waals surface area contributed by atoms with Crippen LogP contribution < -0.4 is 0 Å². The van der Waals surface area contributed by atoms with Gasteiger partial charge >= 0.3 is 5.97 Å². The highest BCUT2D eigenvalue weighted by atomic mass is 19.1. The Hall–Kier alpha value is -2.82. The van der Waals surface area contributed by atoms with Crippen LogP contribution in [0.2, 0.25) is 0 Å². The van der Waals surface area contributed by atoms with Crippen LogP contribution in [0.25, 0.3) is 0 Å². The zero-order valence-corrected chi connectivity index (χ0v) is 15.5. The lowest BCUT2D eigenvalue weighted by Gasteiger charge is -2.44. The molecule has 2 atom stereocenters. The highest BCUT2D eigenvalue weighted by Gasteiger charge is 2.58. The number of ether oxygens (including phenoxy) is 1. The van der Waals surface area contributed by atoms with Crippen LogP contribution in [0.3, 0.4) is 0 Å². The number of rotatable bonds is 4. The smallest absolute Gasteiger partial charge is 0.320 e. The van der Waals surface area contributed by atoms with Crippen molar-refractivity contribution in [3.63, 3.8) is 0 Å². The summed E-state index contributed by atoms with van der Waals surface area (Å²) in [6, 6.07) is 14.1. The number of carbonyl (C=O) groups excluding carboxylic acids is 3. The first-order valence-corrected chi connectivity index (χ1v) is 8.76. The summed E-state index contributed by atoms with van der Waals surface area (Å²) in [6.07, 6.45) is -1.03. The van der Waals surface area contributed by atoms with Gasteiger partial charge < -0.3 is 4.74 Å². The Balaban J connectivity index is 1.90. The highest BCUT2D eigenvalue weighted by Crippen LogP contribution is 2.49. The maximum absolute atomic E-state index is 13.3. The average molecular weight is 368 g/mol. The molecule has 0 N–H and O–H groups in total. The summed E-state index contributed by atoms with van der Waals surface area (Å²) in [7, 11) is 0. The van der Waals surface area contributed by atoms with E-state index in [0.29, 0.717) is 0 Å². The molecule has 140 valence electrons. The van der Waals surface area contributed by atoms with Crippen molar-refractivity contribution in [2.45, 2.75) is 33.3 Å². The molecule has 0 aromatic heterocycles. The molecule has 0 saturated carbocycles. The van der Waals surface area contributed by atoms with Crippen LogP contribution in [0.4, 0.5) is 4.39 Å². The number of benzene rings is 2. The number of esters is 1. The number of hydrogen-bond donors (Lipinski definition) is 0. The van der Waals surface area contributed by atoms with E-state index < -0.39 is 34.5 Å². The van der Waals surface area contributed by atoms with Crippen molar-refractivity contribution in [3.8, 4) is 0 Å². The molecule has 2 aromatic rings. The van der Waals surface area contributed by atoms with Crippen LogP contribution in [-0.2, 0) is 14.3 Å². The molecule has 0 spiro atoms. The first-order valence-electron chi connectivity index (χ1n) is 8.76. The molecule has 4 nitrogen and oxygen atoms in total. The molecule has 1 fully saturated rings. The second kappa shape index (κ2) is 6.72. The molecule has 0 aliphatic carbocycles. The lowest BCUT2D eigenvalue weighted by molar-refractivity contribution is -0.187. The van der Waals surface area contributed by atoms with Crippen molar-refractivity contribution in [1.29, 1.82) is 0 Å². The summed E-state index contributed by atoms with van der Waals surface area (Å²) >= 11 is 0. The second-order valence-corrected chi connectivity index (χ2v) is 7.69. The fourth-order valence-electron chi connectivity index (χ4n) is 3.63. The van der Waals surface area contributed by atoms with Gasteiger partial charge in [0, 0.05) is 12.0 Å². The molecule has 3 rings (SSSR count). The normalized spacial score (nSPS) is 24.4. The summed E-state index contributed by atoms with van der Waals surface area (Å²) in [5.74, 6) is -1.92. The molecule has 27 heavy (non-hydrogen) atoms. The number of hydrogen-bond acceptors (Lipinski definition) is 4. The topological polar surface area (TPSA) is 60.4 Å². The van der Waals surface area contributed by atoms with Crippen LogP contribution in [0, 0.1) is 16.6 Å². The predicted molar refractivity (Wildman–Crippen MR) is 97.5 cm³/mol.